The van der Waals surface area contributed by atoms with Crippen molar-refractivity contribution in [3.63, 3.8) is 0 Å². The van der Waals surface area contributed by atoms with E-state index in [2.05, 4.69) is 0 Å². The van der Waals surface area contributed by atoms with Crippen molar-refractivity contribution >= 4 is 34.1 Å². The number of anilines is 1. The van der Waals surface area contributed by atoms with E-state index in [-0.39, 0.29) is 18.0 Å². The molecule has 0 N–H and O–H groups in total. The second-order valence-corrected chi connectivity index (χ2v) is 7.73. The van der Waals surface area contributed by atoms with Crippen LogP contribution in [-0.2, 0) is 16.9 Å². The summed E-state index contributed by atoms with van der Waals surface area (Å²) in [6, 6.07) is 14.6. The number of hydrogen-bond donors (Lipinski definition) is 0. The van der Waals surface area contributed by atoms with Crippen molar-refractivity contribution in [3.05, 3.63) is 63.9 Å². The first-order valence-electron chi connectivity index (χ1n) is 8.43. The Hall–Kier alpha value is -2.53. The molecule has 0 saturated heterocycles. The molecule has 0 aliphatic carbocycles. The Balaban J connectivity index is 2.10. The van der Waals surface area contributed by atoms with Crippen LogP contribution in [0.1, 0.15) is 20.8 Å². The summed E-state index contributed by atoms with van der Waals surface area (Å²) in [5.41, 5.74) is 0.858. The van der Waals surface area contributed by atoms with Crippen molar-refractivity contribution in [1.29, 1.82) is 0 Å². The molecule has 0 fully saturated rings. The van der Waals surface area contributed by atoms with Gasteiger partial charge in [0, 0.05) is 17.8 Å². The van der Waals surface area contributed by atoms with Crippen LogP contribution in [0.5, 0.6) is 0 Å². The van der Waals surface area contributed by atoms with E-state index in [1.54, 1.807) is 39.5 Å². The zero-order chi connectivity index (χ0) is 19.1. The molecule has 6 heteroatoms. The number of hydrogen-bond acceptors (Lipinski definition) is 2. The maximum atomic E-state index is 12.9. The molecule has 3 aromatic rings. The number of nitrogens with zero attached hydrogens (tertiary/aromatic N) is 3. The van der Waals surface area contributed by atoms with Crippen LogP contribution in [0.3, 0.4) is 0 Å². The molecule has 1 heterocycles. The molecule has 0 radical (unpaired) electrons. The van der Waals surface area contributed by atoms with Gasteiger partial charge in [-0.05, 0) is 51.1 Å². The van der Waals surface area contributed by atoms with Gasteiger partial charge in [-0.2, -0.15) is 0 Å². The summed E-state index contributed by atoms with van der Waals surface area (Å²) in [4.78, 5) is 27.4. The van der Waals surface area contributed by atoms with Gasteiger partial charge in [0.1, 0.15) is 6.54 Å². The Bertz CT molecular complexity index is 1010. The van der Waals surface area contributed by atoms with E-state index in [0.717, 1.165) is 5.69 Å². The summed E-state index contributed by atoms with van der Waals surface area (Å²) >= 11 is 6.14. The minimum Gasteiger partial charge on any atom is -0.314 e. The molecule has 0 bridgehead atoms. The molecular formula is C20H22ClN3O2. The standard InChI is InChI=1S/C20H22ClN3O2/c1-20(2,3)24-19(26)16-11-10-14(21)12-17(16)23(24)13-18(25)22(4)15-8-6-5-7-9-15/h5-12H,13H2,1-4H3. The summed E-state index contributed by atoms with van der Waals surface area (Å²) in [5.74, 6) is -0.119. The van der Waals surface area contributed by atoms with Crippen LogP contribution < -0.4 is 10.5 Å². The van der Waals surface area contributed by atoms with E-state index in [4.69, 9.17) is 11.6 Å². The molecule has 5 nitrogen and oxygen atoms in total. The number of amides is 1. The van der Waals surface area contributed by atoms with Gasteiger partial charge in [-0.3, -0.25) is 14.3 Å². The Morgan fingerprint density at radius 3 is 2.38 bits per heavy atom. The maximum absolute atomic E-state index is 12.9. The van der Waals surface area contributed by atoms with E-state index in [1.807, 2.05) is 51.1 Å². The maximum Gasteiger partial charge on any atom is 0.275 e. The SMILES string of the molecule is CN(C(=O)Cn1c2cc(Cl)ccc2c(=O)n1C(C)(C)C)c1ccccc1. The molecule has 136 valence electrons. The Labute approximate surface area is 157 Å². The van der Waals surface area contributed by atoms with Crippen molar-refractivity contribution in [1.82, 2.24) is 9.36 Å². The third kappa shape index (κ3) is 3.27. The molecule has 0 saturated carbocycles. The van der Waals surface area contributed by atoms with Crippen molar-refractivity contribution in [2.24, 2.45) is 0 Å². The van der Waals surface area contributed by atoms with Crippen LogP contribution in [0, 0.1) is 0 Å². The Morgan fingerprint density at radius 2 is 1.77 bits per heavy atom. The number of aromatic nitrogens is 2. The van der Waals surface area contributed by atoms with E-state index in [0.29, 0.717) is 15.9 Å². The summed E-state index contributed by atoms with van der Waals surface area (Å²) in [6.07, 6.45) is 0. The highest BCUT2D eigenvalue weighted by atomic mass is 35.5. The van der Waals surface area contributed by atoms with Crippen LogP contribution in [-0.4, -0.2) is 22.3 Å². The smallest absolute Gasteiger partial charge is 0.275 e. The number of benzene rings is 2. The molecule has 2 aromatic carbocycles. The second-order valence-electron chi connectivity index (χ2n) is 7.30. The number of carbonyl (C=O) groups excluding carboxylic acids is 1. The van der Waals surface area contributed by atoms with Gasteiger partial charge in [0.15, 0.2) is 0 Å². The zero-order valence-electron chi connectivity index (χ0n) is 15.4. The summed E-state index contributed by atoms with van der Waals surface area (Å²) in [6.45, 7) is 5.87. The third-order valence-corrected chi connectivity index (χ3v) is 4.58. The lowest BCUT2D eigenvalue weighted by Gasteiger charge is -2.26. The molecule has 26 heavy (non-hydrogen) atoms. The summed E-state index contributed by atoms with van der Waals surface area (Å²) < 4.78 is 3.36. The van der Waals surface area contributed by atoms with Crippen LogP contribution >= 0.6 is 11.6 Å². The van der Waals surface area contributed by atoms with Crippen LogP contribution in [0.2, 0.25) is 5.02 Å². The molecule has 1 amide bonds. The fourth-order valence-electron chi connectivity index (χ4n) is 3.08. The highest BCUT2D eigenvalue weighted by molar-refractivity contribution is 6.31. The molecule has 1 aromatic heterocycles. The van der Waals surface area contributed by atoms with Crippen LogP contribution in [0.4, 0.5) is 5.69 Å². The molecule has 0 atom stereocenters. The predicted octanol–water partition coefficient (Wildman–Crippen LogP) is 3.87. The number of halogens is 1. The van der Waals surface area contributed by atoms with Gasteiger partial charge >= 0.3 is 0 Å². The van der Waals surface area contributed by atoms with Gasteiger partial charge in [0.05, 0.1) is 16.4 Å². The fourth-order valence-corrected chi connectivity index (χ4v) is 3.25. The molecular weight excluding hydrogens is 350 g/mol. The zero-order valence-corrected chi connectivity index (χ0v) is 16.1. The van der Waals surface area contributed by atoms with Crippen molar-refractivity contribution in [2.75, 3.05) is 11.9 Å². The highest BCUT2D eigenvalue weighted by Gasteiger charge is 2.25. The second kappa shape index (κ2) is 6.65. The number of para-hydroxylation sites is 1. The molecule has 0 unspecified atom stereocenters. The first-order chi connectivity index (χ1) is 12.2. The van der Waals surface area contributed by atoms with Gasteiger partial charge in [-0.25, -0.2) is 4.68 Å². The average Bonchev–Trinajstić information content (AvgIpc) is 2.86. The number of likely N-dealkylation sites (N-methyl/N-ethyl adjacent to an activating group) is 1. The van der Waals surface area contributed by atoms with Crippen LogP contribution in [0.15, 0.2) is 53.3 Å². The fraction of sp³-hybridized carbons (Fsp3) is 0.300. The van der Waals surface area contributed by atoms with E-state index in [9.17, 15) is 9.59 Å². The largest absolute Gasteiger partial charge is 0.314 e. The molecule has 0 aliphatic rings. The van der Waals surface area contributed by atoms with E-state index < -0.39 is 5.54 Å². The Morgan fingerprint density at radius 1 is 1.12 bits per heavy atom. The summed E-state index contributed by atoms with van der Waals surface area (Å²) in [5, 5.41) is 1.08. The lowest BCUT2D eigenvalue weighted by molar-refractivity contribution is -0.119. The quantitative estimate of drug-likeness (QED) is 0.701. The molecule has 3 rings (SSSR count). The van der Waals surface area contributed by atoms with Gasteiger partial charge in [-0.15, -0.1) is 0 Å². The summed E-state index contributed by atoms with van der Waals surface area (Å²) in [7, 11) is 1.73. The number of carbonyl (C=O) groups is 1. The van der Waals surface area contributed by atoms with Gasteiger partial charge in [0.25, 0.3) is 5.56 Å². The average molecular weight is 372 g/mol. The Kier molecular flexibility index (Phi) is 4.67. The van der Waals surface area contributed by atoms with Crippen molar-refractivity contribution in [3.8, 4) is 0 Å². The third-order valence-electron chi connectivity index (χ3n) is 4.34. The minimum absolute atomic E-state index is 0.0434. The molecule has 0 aliphatic heterocycles. The van der Waals surface area contributed by atoms with Gasteiger partial charge < -0.3 is 4.90 Å². The minimum atomic E-state index is -0.478. The lowest BCUT2D eigenvalue weighted by atomic mass is 10.1. The lowest BCUT2D eigenvalue weighted by Crippen LogP contribution is -2.40. The predicted molar refractivity (Wildman–Crippen MR) is 106 cm³/mol. The highest BCUT2D eigenvalue weighted by Crippen LogP contribution is 2.22. The number of rotatable bonds is 3. The van der Waals surface area contributed by atoms with Crippen molar-refractivity contribution < 1.29 is 4.79 Å². The first kappa shape index (κ1) is 18.3. The number of fused-ring (bicyclic) bond motifs is 1. The van der Waals surface area contributed by atoms with E-state index >= 15 is 0 Å². The molecule has 0 spiro atoms. The van der Waals surface area contributed by atoms with Gasteiger partial charge in [-0.1, -0.05) is 29.8 Å². The van der Waals surface area contributed by atoms with Crippen molar-refractivity contribution in [2.45, 2.75) is 32.9 Å². The monoisotopic (exact) mass is 371 g/mol. The normalized spacial score (nSPS) is 11.7. The van der Waals surface area contributed by atoms with Crippen LogP contribution in [0.25, 0.3) is 10.9 Å². The topological polar surface area (TPSA) is 47.2 Å². The first-order valence-corrected chi connectivity index (χ1v) is 8.81. The van der Waals surface area contributed by atoms with E-state index in [1.165, 1.54) is 0 Å². The van der Waals surface area contributed by atoms with Gasteiger partial charge in [0.2, 0.25) is 5.91 Å².